The van der Waals surface area contributed by atoms with Gasteiger partial charge in [-0.25, -0.2) is 9.97 Å². The van der Waals surface area contributed by atoms with Crippen molar-refractivity contribution in [3.63, 3.8) is 0 Å². The fourth-order valence-electron chi connectivity index (χ4n) is 2.28. The summed E-state index contributed by atoms with van der Waals surface area (Å²) < 4.78 is 5.20. The lowest BCUT2D eigenvalue weighted by atomic mass is 10.1. The van der Waals surface area contributed by atoms with Crippen molar-refractivity contribution in [2.24, 2.45) is 5.92 Å². The zero-order valence-corrected chi connectivity index (χ0v) is 15.1. The smallest absolute Gasteiger partial charge is 0.270 e. The second-order valence-corrected chi connectivity index (χ2v) is 6.23. The third kappa shape index (κ3) is 6.41. The maximum atomic E-state index is 12.2. The first-order valence-corrected chi connectivity index (χ1v) is 8.56. The van der Waals surface area contributed by atoms with Crippen LogP contribution in [0.2, 0.25) is 0 Å². The summed E-state index contributed by atoms with van der Waals surface area (Å²) >= 11 is 0. The average molecular weight is 342 g/mol. The van der Waals surface area contributed by atoms with Crippen molar-refractivity contribution in [1.29, 1.82) is 0 Å². The van der Waals surface area contributed by atoms with Gasteiger partial charge in [0.25, 0.3) is 5.91 Å². The fourth-order valence-corrected chi connectivity index (χ4v) is 2.28. The van der Waals surface area contributed by atoms with E-state index >= 15 is 0 Å². The van der Waals surface area contributed by atoms with Crippen molar-refractivity contribution in [3.8, 4) is 5.75 Å². The lowest BCUT2D eigenvalue weighted by Gasteiger charge is -2.09. The number of hydrogen-bond donors (Lipinski definition) is 2. The van der Waals surface area contributed by atoms with E-state index in [1.54, 1.807) is 19.4 Å². The van der Waals surface area contributed by atoms with E-state index in [2.05, 4.69) is 34.4 Å². The summed E-state index contributed by atoms with van der Waals surface area (Å²) in [4.78, 5) is 20.7. The minimum atomic E-state index is -0.197. The first-order valence-electron chi connectivity index (χ1n) is 8.56. The Morgan fingerprint density at radius 2 is 2.08 bits per heavy atom. The van der Waals surface area contributed by atoms with E-state index < -0.39 is 0 Å². The van der Waals surface area contributed by atoms with Crippen molar-refractivity contribution in [2.45, 2.75) is 26.7 Å². The number of rotatable bonds is 9. The molecule has 0 saturated carbocycles. The van der Waals surface area contributed by atoms with Crippen molar-refractivity contribution in [3.05, 3.63) is 47.8 Å². The molecule has 25 heavy (non-hydrogen) atoms. The molecule has 0 fully saturated rings. The van der Waals surface area contributed by atoms with Gasteiger partial charge in [0, 0.05) is 19.3 Å². The SMILES string of the molecule is COc1cccc(CCNC(=O)c2ccnc(NCCC(C)C)n2)c1. The maximum Gasteiger partial charge on any atom is 0.270 e. The van der Waals surface area contributed by atoms with Gasteiger partial charge in [0.05, 0.1) is 7.11 Å². The van der Waals surface area contributed by atoms with Crippen LogP contribution in [0.25, 0.3) is 0 Å². The van der Waals surface area contributed by atoms with E-state index in [9.17, 15) is 4.79 Å². The Bertz CT molecular complexity index is 689. The normalized spacial score (nSPS) is 10.6. The molecule has 134 valence electrons. The van der Waals surface area contributed by atoms with Gasteiger partial charge in [-0.05, 0) is 42.5 Å². The molecule has 0 aliphatic rings. The molecule has 0 atom stereocenters. The highest BCUT2D eigenvalue weighted by atomic mass is 16.5. The number of nitrogens with one attached hydrogen (secondary N) is 2. The molecule has 2 aromatic rings. The molecule has 0 spiro atoms. The largest absolute Gasteiger partial charge is 0.497 e. The van der Waals surface area contributed by atoms with Crippen LogP contribution in [0.4, 0.5) is 5.95 Å². The highest BCUT2D eigenvalue weighted by Gasteiger charge is 2.08. The van der Waals surface area contributed by atoms with Crippen LogP contribution in [0.3, 0.4) is 0 Å². The first-order chi connectivity index (χ1) is 12.1. The predicted molar refractivity (Wildman–Crippen MR) is 99.0 cm³/mol. The molecule has 6 heteroatoms. The predicted octanol–water partition coefficient (Wildman–Crippen LogP) is 2.92. The number of carbonyl (C=O) groups is 1. The summed E-state index contributed by atoms with van der Waals surface area (Å²) in [6.45, 7) is 5.65. The Hall–Kier alpha value is -2.63. The summed E-state index contributed by atoms with van der Waals surface area (Å²) in [6, 6.07) is 9.44. The number of methoxy groups -OCH3 is 1. The molecular formula is C19H26N4O2. The number of amides is 1. The van der Waals surface area contributed by atoms with Crippen molar-refractivity contribution >= 4 is 11.9 Å². The molecule has 0 aliphatic heterocycles. The molecule has 0 radical (unpaired) electrons. The Balaban J connectivity index is 1.83. The molecule has 1 heterocycles. The van der Waals surface area contributed by atoms with Crippen LogP contribution in [0, 0.1) is 5.92 Å². The van der Waals surface area contributed by atoms with Crippen molar-refractivity contribution < 1.29 is 9.53 Å². The van der Waals surface area contributed by atoms with E-state index in [1.807, 2.05) is 24.3 Å². The van der Waals surface area contributed by atoms with E-state index in [1.165, 1.54) is 0 Å². The molecule has 0 saturated heterocycles. The number of ether oxygens (including phenoxy) is 1. The van der Waals surface area contributed by atoms with Crippen LogP contribution < -0.4 is 15.4 Å². The summed E-state index contributed by atoms with van der Waals surface area (Å²) in [5, 5.41) is 6.04. The van der Waals surface area contributed by atoms with Crippen LogP contribution in [0.1, 0.15) is 36.3 Å². The molecule has 0 bridgehead atoms. The highest BCUT2D eigenvalue weighted by Crippen LogP contribution is 2.12. The minimum Gasteiger partial charge on any atom is -0.497 e. The Kier molecular flexibility index (Phi) is 7.19. The van der Waals surface area contributed by atoms with Gasteiger partial charge >= 0.3 is 0 Å². The second-order valence-electron chi connectivity index (χ2n) is 6.23. The second kappa shape index (κ2) is 9.61. The molecule has 1 aromatic heterocycles. The maximum absolute atomic E-state index is 12.2. The van der Waals surface area contributed by atoms with E-state index in [0.29, 0.717) is 24.1 Å². The van der Waals surface area contributed by atoms with Gasteiger partial charge in [0.1, 0.15) is 11.4 Å². The first kappa shape index (κ1) is 18.7. The van der Waals surface area contributed by atoms with Gasteiger partial charge in [0.15, 0.2) is 0 Å². The molecule has 6 nitrogen and oxygen atoms in total. The molecule has 2 N–H and O–H groups in total. The molecule has 0 aliphatic carbocycles. The number of nitrogens with zero attached hydrogens (tertiary/aromatic N) is 2. The fraction of sp³-hybridized carbons (Fsp3) is 0.421. The van der Waals surface area contributed by atoms with E-state index in [-0.39, 0.29) is 5.91 Å². The van der Waals surface area contributed by atoms with Crippen LogP contribution >= 0.6 is 0 Å². The van der Waals surface area contributed by atoms with Gasteiger partial charge < -0.3 is 15.4 Å². The topological polar surface area (TPSA) is 76.1 Å². The quantitative estimate of drug-likeness (QED) is 0.733. The van der Waals surface area contributed by atoms with Crippen molar-refractivity contribution in [1.82, 2.24) is 15.3 Å². The van der Waals surface area contributed by atoms with Gasteiger partial charge in [-0.3, -0.25) is 4.79 Å². The standard InChI is InChI=1S/C19H26N4O2/c1-14(2)7-10-21-19-22-12-9-17(23-19)18(24)20-11-8-15-5-4-6-16(13-15)25-3/h4-6,9,12-14H,7-8,10-11H2,1-3H3,(H,20,24)(H,21,22,23). The van der Waals surface area contributed by atoms with Crippen LogP contribution in [-0.2, 0) is 6.42 Å². The number of benzene rings is 1. The lowest BCUT2D eigenvalue weighted by Crippen LogP contribution is -2.27. The van der Waals surface area contributed by atoms with Gasteiger partial charge in [-0.1, -0.05) is 26.0 Å². The molecule has 2 rings (SSSR count). The minimum absolute atomic E-state index is 0.197. The highest BCUT2D eigenvalue weighted by molar-refractivity contribution is 5.92. The zero-order valence-electron chi connectivity index (χ0n) is 15.1. The third-order valence-corrected chi connectivity index (χ3v) is 3.73. The Morgan fingerprint density at radius 3 is 2.84 bits per heavy atom. The van der Waals surface area contributed by atoms with Crippen LogP contribution in [0.15, 0.2) is 36.5 Å². The number of anilines is 1. The summed E-state index contributed by atoms with van der Waals surface area (Å²) in [5.41, 5.74) is 1.48. The van der Waals surface area contributed by atoms with E-state index in [4.69, 9.17) is 4.74 Å². The molecular weight excluding hydrogens is 316 g/mol. The monoisotopic (exact) mass is 342 g/mol. The third-order valence-electron chi connectivity index (χ3n) is 3.73. The molecule has 1 aromatic carbocycles. The van der Waals surface area contributed by atoms with Crippen molar-refractivity contribution in [2.75, 3.05) is 25.5 Å². The number of hydrogen-bond acceptors (Lipinski definition) is 5. The Labute approximate surface area is 149 Å². The van der Waals surface area contributed by atoms with Gasteiger partial charge in [-0.15, -0.1) is 0 Å². The van der Waals surface area contributed by atoms with E-state index in [0.717, 1.165) is 30.7 Å². The molecule has 1 amide bonds. The average Bonchev–Trinajstić information content (AvgIpc) is 2.62. The number of carbonyl (C=O) groups excluding carboxylic acids is 1. The summed E-state index contributed by atoms with van der Waals surface area (Å²) in [6.07, 6.45) is 3.36. The Morgan fingerprint density at radius 1 is 1.24 bits per heavy atom. The van der Waals surface area contributed by atoms with Crippen LogP contribution in [0.5, 0.6) is 5.75 Å². The number of aromatic nitrogens is 2. The lowest BCUT2D eigenvalue weighted by molar-refractivity contribution is 0.0949. The van der Waals surface area contributed by atoms with Gasteiger partial charge in [0.2, 0.25) is 5.95 Å². The zero-order chi connectivity index (χ0) is 18.1. The molecule has 0 unspecified atom stereocenters. The van der Waals surface area contributed by atoms with Crippen LogP contribution in [-0.4, -0.2) is 36.1 Å². The summed E-state index contributed by atoms with van der Waals surface area (Å²) in [7, 11) is 1.64. The summed E-state index contributed by atoms with van der Waals surface area (Å²) in [5.74, 6) is 1.71. The van der Waals surface area contributed by atoms with Gasteiger partial charge in [-0.2, -0.15) is 0 Å².